The molecule has 0 radical (unpaired) electrons. The molecule has 3 unspecified atom stereocenters. The molecule has 1 aliphatic rings. The van der Waals surface area contributed by atoms with E-state index in [9.17, 15) is 19.2 Å². The van der Waals surface area contributed by atoms with Crippen molar-refractivity contribution in [2.45, 2.75) is 43.8 Å². The first kappa shape index (κ1) is 23.9. The van der Waals surface area contributed by atoms with E-state index in [2.05, 4.69) is 31.2 Å². The van der Waals surface area contributed by atoms with E-state index in [4.69, 9.17) is 5.11 Å². The van der Waals surface area contributed by atoms with Crippen LogP contribution in [0.2, 0.25) is 0 Å². The Labute approximate surface area is 190 Å². The Balaban J connectivity index is 1.74. The first-order chi connectivity index (χ1) is 15.9. The number of hydrogen-bond acceptors (Lipinski definition) is 6. The predicted molar refractivity (Wildman–Crippen MR) is 118 cm³/mol. The topological polar surface area (TPSA) is 165 Å². The molecule has 2 heterocycles. The summed E-state index contributed by atoms with van der Waals surface area (Å²) in [4.78, 5) is 56.1. The van der Waals surface area contributed by atoms with Crippen molar-refractivity contribution in [2.24, 2.45) is 0 Å². The standard InChI is InChI=1S/C22H28N6O5/c29-19(30)12-25-20(31)18(10-15-11-23-13-26-15)28-22(33)17(9-14-5-2-1-3-6-14)27-21(32)16-7-4-8-24-16/h1-3,5-6,11,13,16-18,24H,4,7-10,12H2,(H,23,26)(H,25,31)(H,27,32)(H,28,33)(H,29,30). The number of aromatic amines is 1. The number of nitrogens with zero attached hydrogens (tertiary/aromatic N) is 1. The number of amides is 3. The fourth-order valence-electron chi connectivity index (χ4n) is 3.62. The molecule has 2 aromatic rings. The molecule has 3 amide bonds. The zero-order valence-corrected chi connectivity index (χ0v) is 18.0. The molecule has 1 fully saturated rings. The minimum absolute atomic E-state index is 0.0768. The molecule has 0 aliphatic carbocycles. The summed E-state index contributed by atoms with van der Waals surface area (Å²) in [6.07, 6.45) is 4.83. The van der Waals surface area contributed by atoms with Crippen molar-refractivity contribution < 1.29 is 24.3 Å². The number of imidazole rings is 1. The number of H-pyrrole nitrogens is 1. The number of carbonyl (C=O) groups excluding carboxylic acids is 3. The number of aliphatic carboxylic acids is 1. The fraction of sp³-hybridized carbons (Fsp3) is 0.409. The van der Waals surface area contributed by atoms with Gasteiger partial charge in [0.15, 0.2) is 0 Å². The molecule has 6 N–H and O–H groups in total. The van der Waals surface area contributed by atoms with Crippen molar-refractivity contribution in [3.63, 3.8) is 0 Å². The van der Waals surface area contributed by atoms with E-state index in [1.807, 2.05) is 30.3 Å². The number of carbonyl (C=O) groups is 4. The Bertz CT molecular complexity index is 943. The molecule has 11 heteroatoms. The Hall–Kier alpha value is -3.73. The number of carboxylic acid groups (broad SMARTS) is 1. The lowest BCUT2D eigenvalue weighted by atomic mass is 10.0. The Kier molecular flexibility index (Phi) is 8.53. The summed E-state index contributed by atoms with van der Waals surface area (Å²) in [5, 5.41) is 19.7. The number of benzene rings is 1. The Morgan fingerprint density at radius 1 is 1.06 bits per heavy atom. The van der Waals surface area contributed by atoms with Crippen molar-refractivity contribution in [1.82, 2.24) is 31.2 Å². The molecule has 1 saturated heterocycles. The third-order valence-corrected chi connectivity index (χ3v) is 5.32. The van der Waals surface area contributed by atoms with Crippen LogP contribution in [0.15, 0.2) is 42.9 Å². The highest BCUT2D eigenvalue weighted by Gasteiger charge is 2.30. The summed E-state index contributed by atoms with van der Waals surface area (Å²) in [5.74, 6) is -2.67. The van der Waals surface area contributed by atoms with Crippen LogP contribution in [0.5, 0.6) is 0 Å². The summed E-state index contributed by atoms with van der Waals surface area (Å²) in [6.45, 7) is 0.162. The number of hydrogen-bond donors (Lipinski definition) is 6. The Morgan fingerprint density at radius 3 is 2.45 bits per heavy atom. The smallest absolute Gasteiger partial charge is 0.322 e. The van der Waals surface area contributed by atoms with Gasteiger partial charge in [0, 0.05) is 24.7 Å². The average Bonchev–Trinajstić information content (AvgIpc) is 3.51. The highest BCUT2D eigenvalue weighted by Crippen LogP contribution is 2.09. The van der Waals surface area contributed by atoms with E-state index >= 15 is 0 Å². The molecule has 11 nitrogen and oxygen atoms in total. The quantitative estimate of drug-likeness (QED) is 0.255. The van der Waals surface area contributed by atoms with E-state index in [1.54, 1.807) is 0 Å². The summed E-state index contributed by atoms with van der Waals surface area (Å²) < 4.78 is 0. The first-order valence-electron chi connectivity index (χ1n) is 10.8. The molecule has 3 atom stereocenters. The van der Waals surface area contributed by atoms with Gasteiger partial charge in [0.25, 0.3) is 0 Å². The van der Waals surface area contributed by atoms with Gasteiger partial charge in [-0.15, -0.1) is 0 Å². The van der Waals surface area contributed by atoms with Gasteiger partial charge in [-0.1, -0.05) is 30.3 Å². The van der Waals surface area contributed by atoms with Crippen molar-refractivity contribution in [3.05, 3.63) is 54.1 Å². The Morgan fingerprint density at radius 2 is 1.82 bits per heavy atom. The third-order valence-electron chi connectivity index (χ3n) is 5.32. The van der Waals surface area contributed by atoms with Crippen molar-refractivity contribution in [3.8, 4) is 0 Å². The SMILES string of the molecule is O=C(O)CNC(=O)C(Cc1cnc[nH]1)NC(=O)C(Cc1ccccc1)NC(=O)C1CCCN1. The highest BCUT2D eigenvalue weighted by atomic mass is 16.4. The van der Waals surface area contributed by atoms with Crippen LogP contribution in [0.3, 0.4) is 0 Å². The number of rotatable bonds is 11. The van der Waals surface area contributed by atoms with Crippen LogP contribution in [-0.2, 0) is 32.0 Å². The predicted octanol–water partition coefficient (Wildman–Crippen LogP) is -0.883. The third kappa shape index (κ3) is 7.42. The molecule has 1 aromatic heterocycles. The fourth-order valence-corrected chi connectivity index (χ4v) is 3.62. The molecular weight excluding hydrogens is 428 g/mol. The van der Waals surface area contributed by atoms with Crippen molar-refractivity contribution in [1.29, 1.82) is 0 Å². The van der Waals surface area contributed by atoms with Crippen LogP contribution in [0, 0.1) is 0 Å². The summed E-state index contributed by atoms with van der Waals surface area (Å²) in [6, 6.07) is 6.89. The lowest BCUT2D eigenvalue weighted by molar-refractivity contribution is -0.138. The van der Waals surface area contributed by atoms with Crippen LogP contribution in [-0.4, -0.2) is 70.0 Å². The molecule has 0 saturated carbocycles. The largest absolute Gasteiger partial charge is 0.480 e. The molecule has 0 bridgehead atoms. The zero-order valence-electron chi connectivity index (χ0n) is 18.0. The average molecular weight is 457 g/mol. The number of nitrogens with one attached hydrogen (secondary N) is 5. The van der Waals surface area contributed by atoms with Gasteiger partial charge in [-0.3, -0.25) is 19.2 Å². The second kappa shape index (κ2) is 11.8. The van der Waals surface area contributed by atoms with Gasteiger partial charge in [0.1, 0.15) is 18.6 Å². The van der Waals surface area contributed by atoms with E-state index in [0.29, 0.717) is 12.1 Å². The van der Waals surface area contributed by atoms with E-state index in [1.165, 1.54) is 12.5 Å². The molecule has 33 heavy (non-hydrogen) atoms. The van der Waals surface area contributed by atoms with Gasteiger partial charge in [0.05, 0.1) is 12.4 Å². The molecule has 0 spiro atoms. The second-order valence-electron chi connectivity index (χ2n) is 7.85. The molecular formula is C22H28N6O5. The molecule has 1 aliphatic heterocycles. The normalized spacial score (nSPS) is 17.0. The molecule has 176 valence electrons. The van der Waals surface area contributed by atoms with Crippen LogP contribution in [0.4, 0.5) is 0 Å². The minimum Gasteiger partial charge on any atom is -0.480 e. The number of carboxylic acids is 1. The van der Waals surface area contributed by atoms with E-state index < -0.39 is 36.4 Å². The van der Waals surface area contributed by atoms with Gasteiger partial charge < -0.3 is 31.4 Å². The minimum atomic E-state index is -1.20. The van der Waals surface area contributed by atoms with Crippen molar-refractivity contribution >= 4 is 23.7 Å². The maximum absolute atomic E-state index is 13.2. The van der Waals surface area contributed by atoms with Gasteiger partial charge >= 0.3 is 5.97 Å². The van der Waals surface area contributed by atoms with Gasteiger partial charge in [-0.25, -0.2) is 4.98 Å². The van der Waals surface area contributed by atoms with Gasteiger partial charge in [0.2, 0.25) is 17.7 Å². The van der Waals surface area contributed by atoms with Gasteiger partial charge in [-0.05, 0) is 24.9 Å². The van der Waals surface area contributed by atoms with E-state index in [-0.39, 0.29) is 24.8 Å². The second-order valence-corrected chi connectivity index (χ2v) is 7.85. The van der Waals surface area contributed by atoms with Crippen LogP contribution < -0.4 is 21.3 Å². The zero-order chi connectivity index (χ0) is 23.6. The lowest BCUT2D eigenvalue weighted by Gasteiger charge is -2.24. The van der Waals surface area contributed by atoms with Crippen molar-refractivity contribution in [2.75, 3.05) is 13.1 Å². The summed E-state index contributed by atoms with van der Waals surface area (Å²) >= 11 is 0. The van der Waals surface area contributed by atoms with Crippen LogP contribution >= 0.6 is 0 Å². The van der Waals surface area contributed by atoms with Crippen LogP contribution in [0.25, 0.3) is 0 Å². The maximum Gasteiger partial charge on any atom is 0.322 e. The molecule has 3 rings (SSSR count). The summed E-state index contributed by atoms with van der Waals surface area (Å²) in [5.41, 5.74) is 1.43. The van der Waals surface area contributed by atoms with Gasteiger partial charge in [-0.2, -0.15) is 0 Å². The first-order valence-corrected chi connectivity index (χ1v) is 10.8. The maximum atomic E-state index is 13.2. The molecule has 1 aromatic carbocycles. The monoisotopic (exact) mass is 456 g/mol. The highest BCUT2D eigenvalue weighted by molar-refractivity contribution is 5.94. The van der Waals surface area contributed by atoms with E-state index in [0.717, 1.165) is 18.5 Å². The van der Waals surface area contributed by atoms with Crippen LogP contribution in [0.1, 0.15) is 24.1 Å². The lowest BCUT2D eigenvalue weighted by Crippen LogP contribution is -2.57. The number of aromatic nitrogens is 2. The summed E-state index contributed by atoms with van der Waals surface area (Å²) in [7, 11) is 0.